The number of aliphatic hydroxyl groups is 1. The average Bonchev–Trinajstić information content (AvgIpc) is 1.21. The Kier molecular flexibility index (Phi) is 18.6. The van der Waals surface area contributed by atoms with Crippen LogP contribution in [-0.2, 0) is 23.9 Å². The van der Waals surface area contributed by atoms with Crippen LogP contribution in [-0.4, -0.2) is 40.6 Å². The lowest BCUT2D eigenvalue weighted by atomic mass is 9.47. The van der Waals surface area contributed by atoms with Crippen LogP contribution in [0.1, 0.15) is 298 Å². The Morgan fingerprint density at radius 1 is 0.390 bits per heavy atom. The monoisotopic (exact) mass is 1390 g/mol. The van der Waals surface area contributed by atoms with Crippen molar-refractivity contribution in [3.8, 4) is 0 Å². The minimum atomic E-state index is -0.171. The Hall–Kier alpha value is -2.70. The van der Waals surface area contributed by atoms with E-state index in [4.69, 9.17) is 21.1 Å². The Morgan fingerprint density at radius 3 is 1.00 bits per heavy atom. The molecule has 0 aromatic heterocycles. The number of hydrogen-bond acceptors (Lipinski definition) is 6. The average molecular weight is 1390 g/mol. The van der Waals surface area contributed by atoms with E-state index in [-0.39, 0.29) is 80.3 Å². The van der Waals surface area contributed by atoms with Crippen LogP contribution in [0.2, 0.25) is 0 Å². The predicted molar refractivity (Wildman–Crippen MR) is 407 cm³/mol. The van der Waals surface area contributed by atoms with Gasteiger partial charge in [0.1, 0.15) is 12.2 Å². The number of allylic oxidation sites excluding steroid dienone is 9. The van der Waals surface area contributed by atoms with Crippen molar-refractivity contribution in [2.45, 2.75) is 316 Å². The van der Waals surface area contributed by atoms with E-state index in [1.807, 2.05) is 6.08 Å². The van der Waals surface area contributed by atoms with Gasteiger partial charge >= 0.3 is 11.9 Å². The molecule has 12 fully saturated rings. The second kappa shape index (κ2) is 25.5. The first kappa shape index (κ1) is 72.8. The summed E-state index contributed by atoms with van der Waals surface area (Å²) in [5, 5.41) is 9.57. The first-order valence-electron chi connectivity index (χ1n) is 42.4. The first-order chi connectivity index (χ1) is 47.0. The third-order valence-corrected chi connectivity index (χ3v) is 37.8. The summed E-state index contributed by atoms with van der Waals surface area (Å²) in [4.78, 5) is 39.3. The molecule has 1 N–H and O–H groups in total. The molecule has 554 valence electrons. The number of esters is 2. The Bertz CT molecular complexity index is 3270. The Balaban J connectivity index is 0.000000114. The minimum absolute atomic E-state index is 0.000185. The summed E-state index contributed by atoms with van der Waals surface area (Å²) in [5.74, 6) is 13.7. The molecule has 3 unspecified atom stereocenters. The summed E-state index contributed by atoms with van der Waals surface area (Å²) in [5.41, 5.74) is 12.2. The van der Waals surface area contributed by atoms with Crippen LogP contribution in [0.5, 0.6) is 0 Å². The van der Waals surface area contributed by atoms with Crippen molar-refractivity contribution < 1.29 is 29.0 Å². The van der Waals surface area contributed by atoms with Crippen molar-refractivity contribution in [1.29, 1.82) is 0 Å². The molecular weight excluding hydrogens is 1250 g/mol. The summed E-state index contributed by atoms with van der Waals surface area (Å²) < 4.78 is 12.7. The van der Waals surface area contributed by atoms with E-state index < -0.39 is 0 Å². The highest BCUT2D eigenvalue weighted by molar-refractivity contribution is 6.64. The molecule has 21 aliphatic rings. The maximum absolute atomic E-state index is 13.7. The zero-order valence-electron chi connectivity index (χ0n) is 66.3. The third kappa shape index (κ3) is 11.2. The molecule has 6 bridgehead atoms. The number of carbonyl (C=O) groups excluding carboxylic acids is 3. The van der Waals surface area contributed by atoms with Gasteiger partial charge < -0.3 is 14.6 Å². The summed E-state index contributed by atoms with van der Waals surface area (Å²) in [7, 11) is 0. The molecule has 12 saturated carbocycles. The fourth-order valence-corrected chi connectivity index (χ4v) is 31.1. The van der Waals surface area contributed by atoms with Crippen molar-refractivity contribution in [2.24, 2.45) is 173 Å². The lowest BCUT2D eigenvalue weighted by Crippen LogP contribution is -2.55. The van der Waals surface area contributed by atoms with Crippen molar-refractivity contribution in [3.63, 3.8) is 0 Å². The zero-order valence-corrected chi connectivity index (χ0v) is 67.0. The van der Waals surface area contributed by atoms with Gasteiger partial charge in [0.15, 0.2) is 0 Å². The van der Waals surface area contributed by atoms with Crippen LogP contribution in [0, 0.1) is 173 Å². The molecule has 21 rings (SSSR count). The lowest BCUT2D eigenvalue weighted by Gasteiger charge is -2.59. The molecule has 100 heavy (non-hydrogen) atoms. The van der Waals surface area contributed by atoms with E-state index >= 15 is 0 Å². The molecule has 0 heterocycles. The van der Waals surface area contributed by atoms with Crippen LogP contribution in [0.4, 0.5) is 0 Å². The normalized spacial score (nSPS) is 51.3. The van der Waals surface area contributed by atoms with E-state index in [9.17, 15) is 19.5 Å². The maximum Gasteiger partial charge on any atom is 0.310 e. The van der Waals surface area contributed by atoms with Crippen LogP contribution < -0.4 is 0 Å². The molecule has 0 aromatic carbocycles. The second-order valence-electron chi connectivity index (χ2n) is 42.8. The Morgan fingerprint density at radius 2 is 0.700 bits per heavy atom. The zero-order chi connectivity index (χ0) is 71.3. The Labute approximate surface area is 613 Å². The maximum atomic E-state index is 13.7. The number of fused-ring (bicyclic) bond motifs is 18. The number of rotatable bonds is 5. The second-order valence-corrected chi connectivity index (χ2v) is 43.2. The molecular formula is C93H139ClO6. The summed E-state index contributed by atoms with van der Waals surface area (Å²) in [6, 6.07) is 0. The van der Waals surface area contributed by atoms with Crippen molar-refractivity contribution in [3.05, 3.63) is 69.9 Å². The highest BCUT2D eigenvalue weighted by Crippen LogP contribution is 2.72. The standard InChI is InChI=1S/2C31H46O2.C21H31ClO.C10H16O/c2*1-18-11-13-30(5)20(15-18)7-8-21-22-9-10-24(31(22,6)14-12-23(21)30)28(32)33-27-16-19(2)25-17-26(27)29(25,3)4;1-13-8-10-20(2)14(12-13)4-5-15-16-6-7-18(19(22)23)21(16,3)11-9-17(15)20;1-6-4-9(11)8-5-7(6)10(8,2)3/h2*7,16,18,21-27H,8-15,17H2,1-6H3;4,13,15-18H,5-12H2,1-3H3;4,7-9,11H,5H2,1-3H3/t2*18?,21-,22-,23-,24+,25-,26+,27-,30-,31-;13?,15-,16-,17-,18+,20-,21-;7-,8+,9-/m0000/s1. The van der Waals surface area contributed by atoms with Gasteiger partial charge in [-0.1, -0.05) is 162 Å². The van der Waals surface area contributed by atoms with E-state index in [1.165, 1.54) is 171 Å². The van der Waals surface area contributed by atoms with Crippen LogP contribution in [0.3, 0.4) is 0 Å². The summed E-state index contributed by atoms with van der Waals surface area (Å²) in [6.45, 7) is 43.0. The van der Waals surface area contributed by atoms with Crippen molar-refractivity contribution in [1.82, 2.24) is 0 Å². The quantitative estimate of drug-likeness (QED) is 0.168. The molecule has 6 nitrogen and oxygen atoms in total. The fraction of sp³-hybridized carbons (Fsp3) is 0.839. The molecule has 0 amide bonds. The number of ether oxygens (including phenoxy) is 2. The van der Waals surface area contributed by atoms with Gasteiger partial charge in [-0.25, -0.2) is 0 Å². The van der Waals surface area contributed by atoms with E-state index in [0.717, 1.165) is 78.4 Å². The highest BCUT2D eigenvalue weighted by Gasteiger charge is 2.66. The van der Waals surface area contributed by atoms with Gasteiger partial charge in [0.2, 0.25) is 5.24 Å². The predicted octanol–water partition coefficient (Wildman–Crippen LogP) is 23.4. The van der Waals surface area contributed by atoms with Crippen molar-refractivity contribution in [2.75, 3.05) is 0 Å². The summed E-state index contributed by atoms with van der Waals surface area (Å²) in [6.07, 6.45) is 48.3. The van der Waals surface area contributed by atoms with Gasteiger partial charge in [0.05, 0.1) is 17.9 Å². The van der Waals surface area contributed by atoms with Crippen LogP contribution >= 0.6 is 11.6 Å². The molecule has 21 aliphatic carbocycles. The molecule has 0 saturated heterocycles. The number of carbonyl (C=O) groups is 3. The highest BCUT2D eigenvalue weighted by atomic mass is 35.5. The number of hydrogen-bond donors (Lipinski definition) is 1. The van der Waals surface area contributed by atoms with Gasteiger partial charge in [-0.2, -0.15) is 0 Å². The molecule has 30 atom stereocenters. The van der Waals surface area contributed by atoms with Gasteiger partial charge in [0.25, 0.3) is 0 Å². The van der Waals surface area contributed by atoms with Crippen LogP contribution in [0.25, 0.3) is 0 Å². The van der Waals surface area contributed by atoms with Gasteiger partial charge in [-0.3, -0.25) is 14.4 Å². The molecule has 0 spiro atoms. The third-order valence-electron chi connectivity index (χ3n) is 37.6. The van der Waals surface area contributed by atoms with Gasteiger partial charge in [0, 0.05) is 17.8 Å². The van der Waals surface area contributed by atoms with Crippen LogP contribution in [0.15, 0.2) is 69.9 Å². The SMILES string of the molecule is CC1=C[C@H](O)[C@H]2C[C@@H]1C2(C)C.CC1=C[C@H](OC(=O)[C@H]2CC[C@H]3[C@@H]4CC=C5CC(C)CC[C@]5(C)[C@H]4CC[C@]23C)[C@H]2C[C@@H]1C2(C)C.CC1=C[C@H](OC(=O)[C@H]2CC[C@H]3[C@@H]4CC=C5CC(C)CC[C@]5(C)[C@H]4CC[C@]23C)[C@H]2C[C@@H]1C2(C)C.CC1CC[C@@]2(C)C(=CC[C@H]3[C@@H]4CC[C@H](C(=O)Cl)[C@@]4(C)CC[C@@H]32)C1. The van der Waals surface area contributed by atoms with E-state index in [2.05, 4.69) is 155 Å². The van der Waals surface area contributed by atoms with Gasteiger partial charge in [-0.05, 0) is 361 Å². The van der Waals surface area contributed by atoms with Gasteiger partial charge in [-0.15, -0.1) is 0 Å². The molecule has 0 aliphatic heterocycles. The molecule has 7 heteroatoms. The lowest BCUT2D eigenvalue weighted by molar-refractivity contribution is -0.173. The number of aliphatic hydroxyl groups excluding tert-OH is 1. The first-order valence-corrected chi connectivity index (χ1v) is 42.8. The largest absolute Gasteiger partial charge is 0.458 e. The van der Waals surface area contributed by atoms with Crippen molar-refractivity contribution >= 4 is 28.8 Å². The fourth-order valence-electron chi connectivity index (χ4n) is 30.7. The molecule has 0 radical (unpaired) electrons. The van der Waals surface area contributed by atoms with E-state index in [1.54, 1.807) is 16.7 Å². The minimum Gasteiger partial charge on any atom is -0.458 e. The molecule has 0 aromatic rings. The topological polar surface area (TPSA) is 89.9 Å². The number of halogens is 1. The summed E-state index contributed by atoms with van der Waals surface area (Å²) >= 11 is 5.97. The van der Waals surface area contributed by atoms with E-state index in [0.29, 0.717) is 69.0 Å². The smallest absolute Gasteiger partial charge is 0.310 e.